The molecule has 38 heavy (non-hydrogen) atoms. The maximum absolute atomic E-state index is 13.4. The van der Waals surface area contributed by atoms with E-state index in [4.69, 9.17) is 11.6 Å². The first kappa shape index (κ1) is 26.5. The normalized spacial score (nSPS) is 14.3. The van der Waals surface area contributed by atoms with Crippen LogP contribution in [-0.2, 0) is 19.5 Å². The molecule has 1 aliphatic rings. The van der Waals surface area contributed by atoms with Crippen LogP contribution in [0, 0.1) is 25.7 Å². The molecule has 0 saturated carbocycles. The lowest BCUT2D eigenvalue weighted by Crippen LogP contribution is -2.39. The Morgan fingerprint density at radius 3 is 2.55 bits per heavy atom. The third-order valence-electron chi connectivity index (χ3n) is 6.94. The summed E-state index contributed by atoms with van der Waals surface area (Å²) >= 11 is 9.94. The summed E-state index contributed by atoms with van der Waals surface area (Å²) in [6.45, 7) is 6.17. The van der Waals surface area contributed by atoms with Crippen LogP contribution in [0.2, 0.25) is 5.15 Å². The van der Waals surface area contributed by atoms with Gasteiger partial charge in [-0.15, -0.1) is 5.10 Å². The molecule has 8 nitrogen and oxygen atoms in total. The highest BCUT2D eigenvalue weighted by Crippen LogP contribution is 2.27. The molecule has 1 amide bonds. The lowest BCUT2D eigenvalue weighted by atomic mass is 9.92. The molecule has 5 rings (SSSR count). The van der Waals surface area contributed by atoms with Crippen LogP contribution in [0.1, 0.15) is 51.3 Å². The van der Waals surface area contributed by atoms with Crippen molar-refractivity contribution in [3.63, 3.8) is 0 Å². The standard InChI is InChI=1S/C27H28BrClFN7O/c1-17-3-5-20(6-4-17)14-37-26(29)24(18(2)33-37)27(38)35-11-9-19(10-12-35)13-22-16-36(34-32-22)15-21-7-8-23(30)31-25(21)28/h3-8,16,19H,9-15H2,1-2H3. The Labute approximate surface area is 233 Å². The number of hydrogen-bond acceptors (Lipinski definition) is 5. The van der Waals surface area contributed by atoms with Crippen LogP contribution in [-0.4, -0.2) is 53.7 Å². The number of amides is 1. The SMILES string of the molecule is Cc1ccc(Cn2nc(C)c(C(=O)N3CCC(Cc4cn(Cc5ccc(F)nc5Br)nn4)CC3)c2Cl)cc1. The molecular formula is C27H28BrClFN7O. The van der Waals surface area contributed by atoms with Crippen molar-refractivity contribution in [1.29, 1.82) is 0 Å². The van der Waals surface area contributed by atoms with Crippen molar-refractivity contribution in [2.45, 2.75) is 46.2 Å². The summed E-state index contributed by atoms with van der Waals surface area (Å²) < 4.78 is 17.1. The van der Waals surface area contributed by atoms with Crippen molar-refractivity contribution in [2.24, 2.45) is 5.92 Å². The van der Waals surface area contributed by atoms with Crippen LogP contribution in [0.15, 0.2) is 47.2 Å². The lowest BCUT2D eigenvalue weighted by Gasteiger charge is -2.31. The summed E-state index contributed by atoms with van der Waals surface area (Å²) in [7, 11) is 0. The zero-order chi connectivity index (χ0) is 26.8. The van der Waals surface area contributed by atoms with Gasteiger partial charge in [-0.1, -0.05) is 46.6 Å². The Morgan fingerprint density at radius 1 is 1.11 bits per heavy atom. The Kier molecular flexibility index (Phi) is 7.90. The van der Waals surface area contributed by atoms with Gasteiger partial charge in [0.15, 0.2) is 0 Å². The van der Waals surface area contributed by atoms with E-state index in [1.807, 2.05) is 37.1 Å². The van der Waals surface area contributed by atoms with E-state index >= 15 is 0 Å². The quantitative estimate of drug-likeness (QED) is 0.271. The predicted octanol–water partition coefficient (Wildman–Crippen LogP) is 5.23. The second kappa shape index (κ2) is 11.3. The molecule has 0 radical (unpaired) electrons. The second-order valence-corrected chi connectivity index (χ2v) is 10.9. The van der Waals surface area contributed by atoms with Gasteiger partial charge in [0.25, 0.3) is 5.91 Å². The van der Waals surface area contributed by atoms with Crippen molar-refractivity contribution in [3.8, 4) is 0 Å². The number of likely N-dealkylation sites (tertiary alicyclic amines) is 1. The van der Waals surface area contributed by atoms with Crippen LogP contribution in [0.4, 0.5) is 4.39 Å². The van der Waals surface area contributed by atoms with E-state index in [1.165, 1.54) is 11.6 Å². The summed E-state index contributed by atoms with van der Waals surface area (Å²) in [6.07, 6.45) is 4.46. The number of carbonyl (C=O) groups excluding carboxylic acids is 1. The smallest absolute Gasteiger partial charge is 0.258 e. The molecule has 1 fully saturated rings. The molecule has 3 aromatic heterocycles. The van der Waals surface area contributed by atoms with Crippen molar-refractivity contribution in [3.05, 3.63) is 91.9 Å². The molecule has 0 atom stereocenters. The van der Waals surface area contributed by atoms with E-state index in [-0.39, 0.29) is 5.91 Å². The number of aromatic nitrogens is 6. The Morgan fingerprint density at radius 2 is 1.84 bits per heavy atom. The molecule has 0 unspecified atom stereocenters. The Balaban J connectivity index is 1.17. The van der Waals surface area contributed by atoms with Gasteiger partial charge < -0.3 is 4.90 Å². The van der Waals surface area contributed by atoms with Crippen LogP contribution >= 0.6 is 27.5 Å². The number of halogens is 3. The molecule has 0 aliphatic carbocycles. The van der Waals surface area contributed by atoms with Gasteiger partial charge in [-0.05, 0) is 72.7 Å². The molecule has 1 aliphatic heterocycles. The third-order valence-corrected chi connectivity index (χ3v) is 8.01. The number of hydrogen-bond donors (Lipinski definition) is 0. The summed E-state index contributed by atoms with van der Waals surface area (Å²) in [6, 6.07) is 11.2. The first-order valence-corrected chi connectivity index (χ1v) is 13.7. The summed E-state index contributed by atoms with van der Waals surface area (Å²) in [4.78, 5) is 19.0. The van der Waals surface area contributed by atoms with Crippen molar-refractivity contribution < 1.29 is 9.18 Å². The van der Waals surface area contributed by atoms with Crippen molar-refractivity contribution >= 4 is 33.4 Å². The van der Waals surface area contributed by atoms with Gasteiger partial charge in [0.1, 0.15) is 9.76 Å². The molecule has 1 aromatic carbocycles. The first-order chi connectivity index (χ1) is 18.3. The van der Waals surface area contributed by atoms with Gasteiger partial charge >= 0.3 is 0 Å². The zero-order valence-electron chi connectivity index (χ0n) is 21.2. The number of aryl methyl sites for hydroxylation is 2. The highest BCUT2D eigenvalue weighted by atomic mass is 79.9. The zero-order valence-corrected chi connectivity index (χ0v) is 23.6. The molecule has 4 aromatic rings. The third kappa shape index (κ3) is 5.96. The van der Waals surface area contributed by atoms with Crippen LogP contribution < -0.4 is 0 Å². The minimum atomic E-state index is -0.529. The fraction of sp³-hybridized carbons (Fsp3) is 0.370. The van der Waals surface area contributed by atoms with E-state index in [0.717, 1.165) is 36.1 Å². The molecule has 4 heterocycles. The number of nitrogens with zero attached hydrogens (tertiary/aromatic N) is 7. The van der Waals surface area contributed by atoms with Gasteiger partial charge in [-0.2, -0.15) is 9.49 Å². The molecular weight excluding hydrogens is 573 g/mol. The number of rotatable bonds is 7. The predicted molar refractivity (Wildman–Crippen MR) is 146 cm³/mol. The number of benzene rings is 1. The topological polar surface area (TPSA) is 81.7 Å². The minimum Gasteiger partial charge on any atom is -0.338 e. The summed E-state index contributed by atoms with van der Waals surface area (Å²) in [5.41, 5.74) is 5.13. The average Bonchev–Trinajstić information content (AvgIpc) is 3.45. The van der Waals surface area contributed by atoms with E-state index in [9.17, 15) is 9.18 Å². The number of piperidine rings is 1. The van der Waals surface area contributed by atoms with Gasteiger partial charge in [0, 0.05) is 24.8 Å². The molecule has 0 spiro atoms. The van der Waals surface area contributed by atoms with E-state index in [0.29, 0.717) is 53.1 Å². The Bertz CT molecular complexity index is 1440. The average molecular weight is 601 g/mol. The second-order valence-electron chi connectivity index (χ2n) is 9.83. The maximum atomic E-state index is 13.4. The molecule has 1 saturated heterocycles. The largest absolute Gasteiger partial charge is 0.338 e. The highest BCUT2D eigenvalue weighted by molar-refractivity contribution is 9.10. The van der Waals surface area contributed by atoms with Crippen molar-refractivity contribution in [1.82, 2.24) is 34.7 Å². The number of carbonyl (C=O) groups is 1. The monoisotopic (exact) mass is 599 g/mol. The first-order valence-electron chi connectivity index (χ1n) is 12.5. The van der Waals surface area contributed by atoms with E-state index < -0.39 is 5.95 Å². The van der Waals surface area contributed by atoms with Crippen LogP contribution in [0.5, 0.6) is 0 Å². The fourth-order valence-corrected chi connectivity index (χ4v) is 5.55. The number of pyridine rings is 1. The molecule has 11 heteroatoms. The van der Waals surface area contributed by atoms with E-state index in [1.54, 1.807) is 15.4 Å². The summed E-state index contributed by atoms with van der Waals surface area (Å²) in [5.74, 6) is -0.187. The van der Waals surface area contributed by atoms with Gasteiger partial charge in [0.05, 0.1) is 30.0 Å². The summed E-state index contributed by atoms with van der Waals surface area (Å²) in [5, 5.41) is 13.5. The molecule has 0 bridgehead atoms. The lowest BCUT2D eigenvalue weighted by molar-refractivity contribution is 0.0689. The van der Waals surface area contributed by atoms with Crippen molar-refractivity contribution in [2.75, 3.05) is 13.1 Å². The molecule has 0 N–H and O–H groups in total. The Hall–Kier alpha value is -3.11. The fourth-order valence-electron chi connectivity index (χ4n) is 4.80. The van der Waals surface area contributed by atoms with Crippen LogP contribution in [0.3, 0.4) is 0 Å². The molecule has 198 valence electrons. The van der Waals surface area contributed by atoms with Gasteiger partial charge in [-0.3, -0.25) is 4.79 Å². The van der Waals surface area contributed by atoms with E-state index in [2.05, 4.69) is 48.5 Å². The minimum absolute atomic E-state index is 0.0643. The highest BCUT2D eigenvalue weighted by Gasteiger charge is 2.29. The van der Waals surface area contributed by atoms with Gasteiger partial charge in [-0.25, -0.2) is 14.3 Å². The maximum Gasteiger partial charge on any atom is 0.258 e. The van der Waals surface area contributed by atoms with Gasteiger partial charge in [0.2, 0.25) is 5.95 Å². The van der Waals surface area contributed by atoms with Crippen LogP contribution in [0.25, 0.3) is 0 Å².